The van der Waals surface area contributed by atoms with E-state index in [0.717, 1.165) is 0 Å². The Morgan fingerprint density at radius 1 is 1.18 bits per heavy atom. The summed E-state index contributed by atoms with van der Waals surface area (Å²) in [5, 5.41) is 2.38. The standard InChI is InChI=1S/C9H18N2O5.CH4/c1-9(2,3)16-8(13)11-15-6-5-10-7(12)14-4;/h5-6H2,1-4H3,(H,10,12)(H,11,13);1H4. The minimum Gasteiger partial charge on any atom is -0.453 e. The molecule has 0 fully saturated rings. The van der Waals surface area contributed by atoms with Crippen LogP contribution in [0, 0.1) is 0 Å². The largest absolute Gasteiger partial charge is 0.453 e. The monoisotopic (exact) mass is 250 g/mol. The summed E-state index contributed by atoms with van der Waals surface area (Å²) in [4.78, 5) is 26.4. The number of nitrogens with one attached hydrogen (secondary N) is 2. The van der Waals surface area contributed by atoms with Crippen molar-refractivity contribution in [1.82, 2.24) is 10.8 Å². The minimum atomic E-state index is -0.675. The topological polar surface area (TPSA) is 85.9 Å². The smallest absolute Gasteiger partial charge is 0.431 e. The first-order valence-corrected chi connectivity index (χ1v) is 4.78. The van der Waals surface area contributed by atoms with Crippen LogP contribution in [-0.4, -0.2) is 38.0 Å². The van der Waals surface area contributed by atoms with Gasteiger partial charge in [0.15, 0.2) is 0 Å². The molecule has 0 atom stereocenters. The van der Waals surface area contributed by atoms with Crippen LogP contribution in [0.5, 0.6) is 0 Å². The van der Waals surface area contributed by atoms with Gasteiger partial charge in [-0.15, -0.1) is 0 Å². The zero-order valence-corrected chi connectivity index (χ0v) is 9.96. The number of amides is 2. The molecule has 0 aliphatic carbocycles. The van der Waals surface area contributed by atoms with Gasteiger partial charge < -0.3 is 14.8 Å². The molecular weight excluding hydrogens is 228 g/mol. The van der Waals surface area contributed by atoms with Crippen LogP contribution in [0.15, 0.2) is 0 Å². The molecule has 0 aliphatic heterocycles. The second-order valence-electron chi connectivity index (χ2n) is 3.87. The van der Waals surface area contributed by atoms with Crippen molar-refractivity contribution in [1.29, 1.82) is 0 Å². The molecule has 0 heterocycles. The van der Waals surface area contributed by atoms with Gasteiger partial charge in [-0.25, -0.2) is 9.59 Å². The van der Waals surface area contributed by atoms with Crippen LogP contribution in [-0.2, 0) is 14.3 Å². The lowest BCUT2D eigenvalue weighted by Gasteiger charge is -2.19. The van der Waals surface area contributed by atoms with Crippen LogP contribution in [0.2, 0.25) is 0 Å². The Balaban J connectivity index is 0. The van der Waals surface area contributed by atoms with Gasteiger partial charge in [-0.2, -0.15) is 5.48 Å². The number of alkyl carbamates (subject to hydrolysis) is 1. The molecule has 0 aromatic rings. The molecular formula is C10H22N2O5. The number of carbonyl (C=O) groups is 2. The van der Waals surface area contributed by atoms with Crippen LogP contribution in [0.4, 0.5) is 9.59 Å². The summed E-state index contributed by atoms with van der Waals surface area (Å²) in [6.45, 7) is 5.57. The second kappa shape index (κ2) is 8.63. The summed E-state index contributed by atoms with van der Waals surface area (Å²) in [5.41, 5.74) is 1.51. The molecule has 102 valence electrons. The lowest BCUT2D eigenvalue weighted by molar-refractivity contribution is -0.00654. The van der Waals surface area contributed by atoms with Gasteiger partial charge >= 0.3 is 12.2 Å². The second-order valence-corrected chi connectivity index (χ2v) is 3.87. The quantitative estimate of drug-likeness (QED) is 0.582. The molecule has 0 saturated carbocycles. The maximum absolute atomic E-state index is 11.0. The van der Waals surface area contributed by atoms with E-state index in [9.17, 15) is 9.59 Å². The Morgan fingerprint density at radius 3 is 2.24 bits per heavy atom. The molecule has 0 aromatic carbocycles. The first-order chi connectivity index (χ1) is 7.35. The Hall–Kier alpha value is -1.50. The molecule has 17 heavy (non-hydrogen) atoms. The molecule has 0 saturated heterocycles. The number of ether oxygens (including phenoxy) is 2. The van der Waals surface area contributed by atoms with Crippen molar-refractivity contribution in [3.8, 4) is 0 Å². The van der Waals surface area contributed by atoms with Gasteiger partial charge in [-0.1, -0.05) is 7.43 Å². The number of hydrogen-bond donors (Lipinski definition) is 2. The average molecular weight is 250 g/mol. The van der Waals surface area contributed by atoms with Crippen LogP contribution < -0.4 is 10.8 Å². The summed E-state index contributed by atoms with van der Waals surface area (Å²) in [6, 6.07) is 0. The summed E-state index contributed by atoms with van der Waals surface area (Å²) in [5.74, 6) is 0. The van der Waals surface area contributed by atoms with Crippen molar-refractivity contribution in [2.45, 2.75) is 33.8 Å². The fourth-order valence-electron chi connectivity index (χ4n) is 0.685. The summed E-state index contributed by atoms with van der Waals surface area (Å²) < 4.78 is 9.23. The van der Waals surface area contributed by atoms with Crippen LogP contribution in [0.1, 0.15) is 28.2 Å². The third kappa shape index (κ3) is 12.4. The molecule has 0 unspecified atom stereocenters. The number of hydrogen-bond acceptors (Lipinski definition) is 5. The zero-order chi connectivity index (χ0) is 12.6. The fraction of sp³-hybridized carbons (Fsp3) is 0.800. The lowest BCUT2D eigenvalue weighted by atomic mass is 10.2. The molecule has 0 rings (SSSR count). The van der Waals surface area contributed by atoms with E-state index >= 15 is 0 Å². The van der Waals surface area contributed by atoms with Crippen molar-refractivity contribution in [3.63, 3.8) is 0 Å². The van der Waals surface area contributed by atoms with Crippen molar-refractivity contribution in [2.75, 3.05) is 20.3 Å². The van der Waals surface area contributed by atoms with E-state index in [1.165, 1.54) is 7.11 Å². The van der Waals surface area contributed by atoms with Crippen molar-refractivity contribution in [3.05, 3.63) is 0 Å². The van der Waals surface area contributed by atoms with E-state index in [-0.39, 0.29) is 20.6 Å². The Labute approximate surface area is 102 Å². The van der Waals surface area contributed by atoms with E-state index in [0.29, 0.717) is 0 Å². The zero-order valence-electron chi connectivity index (χ0n) is 9.96. The summed E-state index contributed by atoms with van der Waals surface area (Å²) in [7, 11) is 1.26. The molecule has 0 aromatic heterocycles. The van der Waals surface area contributed by atoms with Gasteiger partial charge in [0.05, 0.1) is 13.7 Å². The van der Waals surface area contributed by atoms with E-state index in [2.05, 4.69) is 15.5 Å². The van der Waals surface area contributed by atoms with Crippen LogP contribution in [0.25, 0.3) is 0 Å². The van der Waals surface area contributed by atoms with Gasteiger partial charge in [0.25, 0.3) is 0 Å². The van der Waals surface area contributed by atoms with Crippen molar-refractivity contribution in [2.24, 2.45) is 0 Å². The highest BCUT2D eigenvalue weighted by atomic mass is 16.7. The van der Waals surface area contributed by atoms with Gasteiger partial charge in [-0.05, 0) is 20.8 Å². The minimum absolute atomic E-state index is 0. The van der Waals surface area contributed by atoms with Gasteiger partial charge in [0, 0.05) is 6.54 Å². The highest BCUT2D eigenvalue weighted by molar-refractivity contribution is 5.67. The van der Waals surface area contributed by atoms with Crippen LogP contribution >= 0.6 is 0 Å². The van der Waals surface area contributed by atoms with Gasteiger partial charge in [0.2, 0.25) is 0 Å². The highest BCUT2D eigenvalue weighted by Crippen LogP contribution is 2.05. The van der Waals surface area contributed by atoms with Crippen molar-refractivity contribution < 1.29 is 23.9 Å². The number of hydroxylamine groups is 1. The lowest BCUT2D eigenvalue weighted by Crippen LogP contribution is -2.35. The Morgan fingerprint density at radius 2 is 1.76 bits per heavy atom. The maximum Gasteiger partial charge on any atom is 0.431 e. The number of carbonyl (C=O) groups excluding carboxylic acids is 2. The summed E-state index contributed by atoms with van der Waals surface area (Å²) >= 11 is 0. The average Bonchev–Trinajstić information content (AvgIpc) is 2.14. The molecule has 7 heteroatoms. The van der Waals surface area contributed by atoms with E-state index in [4.69, 9.17) is 9.57 Å². The van der Waals surface area contributed by atoms with E-state index in [1.54, 1.807) is 20.8 Å². The predicted octanol–water partition coefficient (Wildman–Crippen LogP) is 1.43. The molecule has 0 radical (unpaired) electrons. The Bertz CT molecular complexity index is 237. The fourth-order valence-corrected chi connectivity index (χ4v) is 0.685. The van der Waals surface area contributed by atoms with Crippen molar-refractivity contribution >= 4 is 12.2 Å². The van der Waals surface area contributed by atoms with E-state index in [1.807, 2.05) is 0 Å². The predicted molar refractivity (Wildman–Crippen MR) is 62.5 cm³/mol. The molecule has 2 N–H and O–H groups in total. The molecule has 2 amide bonds. The van der Waals surface area contributed by atoms with Gasteiger partial charge in [0.1, 0.15) is 5.60 Å². The molecule has 7 nitrogen and oxygen atoms in total. The number of methoxy groups -OCH3 is 1. The normalized spacial score (nSPS) is 9.88. The van der Waals surface area contributed by atoms with E-state index < -0.39 is 17.8 Å². The third-order valence-corrected chi connectivity index (χ3v) is 1.21. The summed E-state index contributed by atoms with van der Waals surface area (Å²) in [6.07, 6.45) is -1.23. The first-order valence-electron chi connectivity index (χ1n) is 4.78. The SMILES string of the molecule is C.COC(=O)NCCONC(=O)OC(C)(C)C. The third-order valence-electron chi connectivity index (χ3n) is 1.21. The first kappa shape index (κ1) is 17.9. The van der Waals surface area contributed by atoms with Gasteiger partial charge in [-0.3, -0.25) is 4.84 Å². The molecule has 0 bridgehead atoms. The highest BCUT2D eigenvalue weighted by Gasteiger charge is 2.15. The Kier molecular flexibility index (Phi) is 9.08. The number of rotatable bonds is 4. The molecule has 0 spiro atoms. The van der Waals surface area contributed by atoms with Crippen LogP contribution in [0.3, 0.4) is 0 Å². The maximum atomic E-state index is 11.0. The molecule has 0 aliphatic rings.